The molecule has 4 N–H and O–H groups in total. The molecule has 3 heterocycles. The number of carbonyl (C=O) groups excluding carboxylic acids is 2. The topological polar surface area (TPSA) is 122 Å². The maximum atomic E-state index is 13.1. The summed E-state index contributed by atoms with van der Waals surface area (Å²) in [5.74, 6) is 0.152. The first-order valence-corrected chi connectivity index (χ1v) is 13.5. The van der Waals surface area contributed by atoms with Crippen LogP contribution in [-0.4, -0.2) is 59.0 Å². The fourth-order valence-electron chi connectivity index (χ4n) is 5.40. The summed E-state index contributed by atoms with van der Waals surface area (Å²) in [7, 11) is 1.49. The SMILES string of the molecule is CCN1CCCC1CNC(=O)Cc1ccc(-c2ccc3c(=O)c(C(=O)NC)c(N)n(CC4CC4)c3n2)cc1. The number of hydrogen-bond acceptors (Lipinski definition) is 6. The lowest BCUT2D eigenvalue weighted by molar-refractivity contribution is -0.120. The van der Waals surface area contributed by atoms with E-state index in [1.165, 1.54) is 13.5 Å². The van der Waals surface area contributed by atoms with Crippen molar-refractivity contribution in [1.29, 1.82) is 0 Å². The summed E-state index contributed by atoms with van der Waals surface area (Å²) in [4.78, 5) is 45.3. The molecular formula is C29H36N6O3. The van der Waals surface area contributed by atoms with E-state index in [1.807, 2.05) is 28.8 Å². The predicted octanol–water partition coefficient (Wildman–Crippen LogP) is 2.56. The number of aromatic nitrogens is 2. The second-order valence-electron chi connectivity index (χ2n) is 10.4. The summed E-state index contributed by atoms with van der Waals surface area (Å²) in [6.45, 7) is 5.60. The predicted molar refractivity (Wildman–Crippen MR) is 149 cm³/mol. The summed E-state index contributed by atoms with van der Waals surface area (Å²) >= 11 is 0. The molecule has 5 rings (SSSR count). The molecule has 1 aliphatic heterocycles. The molecule has 3 aromatic rings. The lowest BCUT2D eigenvalue weighted by Crippen LogP contribution is -2.40. The van der Waals surface area contributed by atoms with E-state index in [2.05, 4.69) is 22.5 Å². The van der Waals surface area contributed by atoms with Gasteiger partial charge >= 0.3 is 0 Å². The largest absolute Gasteiger partial charge is 0.384 e. The van der Waals surface area contributed by atoms with Gasteiger partial charge in [-0.2, -0.15) is 0 Å². The molecule has 1 unspecified atom stereocenters. The standard InChI is InChI=1S/C29H36N6O3/c1-3-34-14-4-5-21(34)16-32-24(36)15-18-8-10-20(11-9-18)23-13-12-22-26(37)25(29(38)31-2)27(30)35(28(22)33-23)17-19-6-7-19/h8-13,19,21H,3-7,14-17,30H2,1-2H3,(H,31,38)(H,32,36). The first-order valence-electron chi connectivity index (χ1n) is 13.5. The number of likely N-dealkylation sites (N-methyl/N-ethyl adjacent to an activating group) is 1. The van der Waals surface area contributed by atoms with Gasteiger partial charge < -0.3 is 20.9 Å². The van der Waals surface area contributed by atoms with E-state index in [4.69, 9.17) is 10.7 Å². The first kappa shape index (κ1) is 25.9. The Bertz CT molecular complexity index is 1410. The van der Waals surface area contributed by atoms with Gasteiger partial charge in [0, 0.05) is 31.7 Å². The Kier molecular flexibility index (Phi) is 7.46. The van der Waals surface area contributed by atoms with Crippen LogP contribution >= 0.6 is 0 Å². The Balaban J connectivity index is 1.36. The third-order valence-electron chi connectivity index (χ3n) is 7.80. The highest BCUT2D eigenvalue weighted by Crippen LogP contribution is 2.33. The number of hydrogen-bond donors (Lipinski definition) is 3. The first-order chi connectivity index (χ1) is 18.4. The molecule has 2 amide bonds. The summed E-state index contributed by atoms with van der Waals surface area (Å²) < 4.78 is 1.81. The van der Waals surface area contributed by atoms with E-state index < -0.39 is 11.3 Å². The van der Waals surface area contributed by atoms with Crippen LogP contribution in [0.4, 0.5) is 5.82 Å². The van der Waals surface area contributed by atoms with E-state index in [9.17, 15) is 14.4 Å². The van der Waals surface area contributed by atoms with Crippen molar-refractivity contribution in [2.24, 2.45) is 5.92 Å². The molecule has 2 fully saturated rings. The number of nitrogens with two attached hydrogens (primary N) is 1. The number of nitrogen functional groups attached to an aromatic ring is 1. The molecule has 1 aliphatic carbocycles. The number of benzene rings is 1. The lowest BCUT2D eigenvalue weighted by atomic mass is 10.0. The zero-order valence-corrected chi connectivity index (χ0v) is 22.1. The average molecular weight is 517 g/mol. The van der Waals surface area contributed by atoms with Crippen molar-refractivity contribution in [2.45, 2.75) is 51.6 Å². The van der Waals surface area contributed by atoms with Crippen LogP contribution in [0.2, 0.25) is 0 Å². The van der Waals surface area contributed by atoms with Crippen LogP contribution in [0.15, 0.2) is 41.2 Å². The van der Waals surface area contributed by atoms with Crippen molar-refractivity contribution in [3.8, 4) is 11.3 Å². The minimum Gasteiger partial charge on any atom is -0.384 e. The zero-order valence-electron chi connectivity index (χ0n) is 22.1. The number of carbonyl (C=O) groups is 2. The number of fused-ring (bicyclic) bond motifs is 1. The van der Waals surface area contributed by atoms with Crippen LogP contribution in [0.3, 0.4) is 0 Å². The minimum absolute atomic E-state index is 0.0241. The highest BCUT2D eigenvalue weighted by Gasteiger charge is 2.27. The minimum atomic E-state index is -0.492. The maximum absolute atomic E-state index is 13.1. The van der Waals surface area contributed by atoms with Crippen molar-refractivity contribution >= 4 is 28.7 Å². The monoisotopic (exact) mass is 516 g/mol. The number of nitrogens with zero attached hydrogens (tertiary/aromatic N) is 3. The molecule has 1 saturated carbocycles. The van der Waals surface area contributed by atoms with Crippen molar-refractivity contribution in [1.82, 2.24) is 25.1 Å². The van der Waals surface area contributed by atoms with Crippen molar-refractivity contribution in [3.05, 3.63) is 57.7 Å². The van der Waals surface area contributed by atoms with E-state index in [0.29, 0.717) is 48.2 Å². The molecule has 0 bridgehead atoms. The normalized spacial score (nSPS) is 17.6. The molecule has 2 aromatic heterocycles. The number of amides is 2. The van der Waals surface area contributed by atoms with Gasteiger partial charge in [0.15, 0.2) is 0 Å². The fraction of sp³-hybridized carbons (Fsp3) is 0.448. The number of rotatable bonds is 9. The van der Waals surface area contributed by atoms with E-state index in [-0.39, 0.29) is 17.3 Å². The molecule has 1 saturated heterocycles. The van der Waals surface area contributed by atoms with Gasteiger partial charge in [0.25, 0.3) is 5.91 Å². The number of anilines is 1. The third kappa shape index (κ3) is 5.29. The zero-order chi connectivity index (χ0) is 26.8. The Hall–Kier alpha value is -3.72. The Labute approximate surface area is 222 Å². The summed E-state index contributed by atoms with van der Waals surface area (Å²) in [6, 6.07) is 11.7. The molecular weight excluding hydrogens is 480 g/mol. The average Bonchev–Trinajstić information content (AvgIpc) is 3.64. The molecule has 9 heteroatoms. The molecule has 200 valence electrons. The van der Waals surface area contributed by atoms with Gasteiger partial charge in [-0.25, -0.2) is 4.98 Å². The highest BCUT2D eigenvalue weighted by atomic mass is 16.2. The van der Waals surface area contributed by atoms with E-state index >= 15 is 0 Å². The summed E-state index contributed by atoms with van der Waals surface area (Å²) in [5.41, 5.74) is 8.90. The Morgan fingerprint density at radius 1 is 1.11 bits per heavy atom. The number of likely N-dealkylation sites (tertiary alicyclic amines) is 1. The van der Waals surface area contributed by atoms with Gasteiger partial charge in [-0.1, -0.05) is 31.2 Å². The summed E-state index contributed by atoms with van der Waals surface area (Å²) in [6.07, 6.45) is 4.83. The van der Waals surface area contributed by atoms with Gasteiger partial charge in [-0.15, -0.1) is 0 Å². The van der Waals surface area contributed by atoms with Gasteiger partial charge in [0.1, 0.15) is 17.0 Å². The third-order valence-corrected chi connectivity index (χ3v) is 7.80. The van der Waals surface area contributed by atoms with Crippen LogP contribution < -0.4 is 21.8 Å². The van der Waals surface area contributed by atoms with Crippen LogP contribution in [-0.2, 0) is 17.8 Å². The quantitative estimate of drug-likeness (QED) is 0.402. The van der Waals surface area contributed by atoms with E-state index in [1.54, 1.807) is 12.1 Å². The van der Waals surface area contributed by atoms with Crippen molar-refractivity contribution in [2.75, 3.05) is 32.4 Å². The van der Waals surface area contributed by atoms with Gasteiger partial charge in [0.2, 0.25) is 11.3 Å². The van der Waals surface area contributed by atoms with Gasteiger partial charge in [-0.3, -0.25) is 19.3 Å². The van der Waals surface area contributed by atoms with Crippen LogP contribution in [0.5, 0.6) is 0 Å². The molecule has 0 spiro atoms. The van der Waals surface area contributed by atoms with Gasteiger partial charge in [0.05, 0.1) is 17.5 Å². The molecule has 9 nitrogen and oxygen atoms in total. The number of pyridine rings is 2. The summed E-state index contributed by atoms with van der Waals surface area (Å²) in [5, 5.41) is 5.99. The van der Waals surface area contributed by atoms with Crippen molar-refractivity contribution in [3.63, 3.8) is 0 Å². The van der Waals surface area contributed by atoms with Crippen LogP contribution in [0.25, 0.3) is 22.3 Å². The Morgan fingerprint density at radius 2 is 1.87 bits per heavy atom. The maximum Gasteiger partial charge on any atom is 0.258 e. The molecule has 1 aromatic carbocycles. The lowest BCUT2D eigenvalue weighted by Gasteiger charge is -2.22. The molecule has 1 atom stereocenters. The number of nitrogens with one attached hydrogen (secondary N) is 2. The van der Waals surface area contributed by atoms with Crippen LogP contribution in [0.1, 0.15) is 48.5 Å². The van der Waals surface area contributed by atoms with Gasteiger partial charge in [-0.05, 0) is 62.4 Å². The fourth-order valence-corrected chi connectivity index (χ4v) is 5.40. The van der Waals surface area contributed by atoms with Crippen LogP contribution in [0, 0.1) is 5.92 Å². The highest BCUT2D eigenvalue weighted by molar-refractivity contribution is 6.01. The second kappa shape index (κ2) is 10.9. The Morgan fingerprint density at radius 3 is 2.55 bits per heavy atom. The molecule has 0 radical (unpaired) electrons. The second-order valence-corrected chi connectivity index (χ2v) is 10.4. The molecule has 2 aliphatic rings. The van der Waals surface area contributed by atoms with Crippen molar-refractivity contribution < 1.29 is 9.59 Å². The van der Waals surface area contributed by atoms with E-state index in [0.717, 1.165) is 43.5 Å². The smallest absolute Gasteiger partial charge is 0.258 e. The molecule has 38 heavy (non-hydrogen) atoms.